The van der Waals surface area contributed by atoms with Crippen molar-refractivity contribution in [2.75, 3.05) is 13.7 Å². The lowest BCUT2D eigenvalue weighted by Crippen LogP contribution is -2.30. The monoisotopic (exact) mass is 426 g/mol. The third-order valence-electron chi connectivity index (χ3n) is 4.25. The number of benzene rings is 1. The lowest BCUT2D eigenvalue weighted by atomic mass is 10.1. The summed E-state index contributed by atoms with van der Waals surface area (Å²) < 4.78 is 11.8. The molecule has 0 saturated carbocycles. The van der Waals surface area contributed by atoms with Crippen molar-refractivity contribution in [2.24, 2.45) is 0 Å². The van der Waals surface area contributed by atoms with Crippen LogP contribution in [-0.2, 0) is 11.3 Å². The largest absolute Gasteiger partial charge is 0.497 e. The van der Waals surface area contributed by atoms with Crippen molar-refractivity contribution in [1.82, 2.24) is 9.55 Å². The van der Waals surface area contributed by atoms with Gasteiger partial charge in [-0.25, -0.2) is 4.79 Å². The molecule has 2 heterocycles. The second-order valence-corrected chi connectivity index (χ2v) is 6.54. The van der Waals surface area contributed by atoms with E-state index < -0.39 is 5.97 Å². The third kappa shape index (κ3) is 6.41. The summed E-state index contributed by atoms with van der Waals surface area (Å²) in [6, 6.07) is 11.0. The van der Waals surface area contributed by atoms with Gasteiger partial charge in [-0.05, 0) is 49.2 Å². The van der Waals surface area contributed by atoms with Crippen molar-refractivity contribution in [3.8, 4) is 5.75 Å². The van der Waals surface area contributed by atoms with E-state index in [-0.39, 0.29) is 17.7 Å². The van der Waals surface area contributed by atoms with E-state index in [1.807, 2.05) is 44.2 Å². The number of aromatic nitrogens is 2. The molecule has 31 heavy (non-hydrogen) atoms. The van der Waals surface area contributed by atoms with Crippen molar-refractivity contribution in [3.63, 3.8) is 0 Å². The number of methoxy groups -OCH3 is 1. The first-order valence-corrected chi connectivity index (χ1v) is 10.8. The predicted molar refractivity (Wildman–Crippen MR) is 126 cm³/mol. The zero-order valence-electron chi connectivity index (χ0n) is 19.7. The fraction of sp³-hybridized carbons (Fsp3) is 0.400. The van der Waals surface area contributed by atoms with Crippen LogP contribution >= 0.6 is 0 Å². The lowest BCUT2D eigenvalue weighted by Gasteiger charge is -2.15. The molecule has 0 aliphatic carbocycles. The molecule has 0 N–H and O–H groups in total. The van der Waals surface area contributed by atoms with E-state index in [1.54, 1.807) is 37.8 Å². The van der Waals surface area contributed by atoms with Gasteiger partial charge in [-0.2, -0.15) is 0 Å². The molecule has 0 amide bonds. The number of carbonyl (C=O) groups excluding carboxylic acids is 1. The summed E-state index contributed by atoms with van der Waals surface area (Å²) in [5.74, 6) is 0.120. The zero-order chi connectivity index (χ0) is 23.4. The van der Waals surface area contributed by atoms with Gasteiger partial charge in [-0.3, -0.25) is 9.78 Å². The third-order valence-corrected chi connectivity index (χ3v) is 4.25. The molecule has 3 rings (SSSR count). The molecule has 0 spiro atoms. The van der Waals surface area contributed by atoms with Gasteiger partial charge < -0.3 is 14.0 Å². The van der Waals surface area contributed by atoms with Crippen LogP contribution in [0.25, 0.3) is 11.0 Å². The highest BCUT2D eigenvalue weighted by Crippen LogP contribution is 2.19. The maximum atomic E-state index is 13.1. The Labute approximate surface area is 184 Å². The van der Waals surface area contributed by atoms with E-state index >= 15 is 0 Å². The van der Waals surface area contributed by atoms with Crippen LogP contribution in [0.2, 0.25) is 0 Å². The first kappa shape index (κ1) is 25.9. The Bertz CT molecular complexity index is 1020. The first-order valence-electron chi connectivity index (χ1n) is 10.8. The summed E-state index contributed by atoms with van der Waals surface area (Å²) in [4.78, 5) is 29.8. The number of rotatable bonds is 5. The topological polar surface area (TPSA) is 70.4 Å². The molecular formula is C25H34N2O4. The molecule has 6 nitrogen and oxygen atoms in total. The van der Waals surface area contributed by atoms with Gasteiger partial charge >= 0.3 is 5.97 Å². The number of hydrogen-bond acceptors (Lipinski definition) is 5. The molecule has 0 aliphatic heterocycles. The normalized spacial score (nSPS) is 9.77. The van der Waals surface area contributed by atoms with Crippen molar-refractivity contribution in [1.29, 1.82) is 0 Å². The minimum atomic E-state index is -0.619. The maximum Gasteiger partial charge on any atom is 0.344 e. The average molecular weight is 427 g/mol. The van der Waals surface area contributed by atoms with E-state index in [2.05, 4.69) is 18.8 Å². The average Bonchev–Trinajstić information content (AvgIpc) is 2.79. The summed E-state index contributed by atoms with van der Waals surface area (Å²) in [7, 11) is 1.60. The Morgan fingerprint density at radius 1 is 1.06 bits per heavy atom. The van der Waals surface area contributed by atoms with E-state index in [4.69, 9.17) is 9.47 Å². The van der Waals surface area contributed by atoms with Gasteiger partial charge in [-0.1, -0.05) is 46.2 Å². The quantitative estimate of drug-likeness (QED) is 0.512. The highest BCUT2D eigenvalue weighted by atomic mass is 16.5. The molecule has 0 aliphatic rings. The van der Waals surface area contributed by atoms with E-state index in [1.165, 1.54) is 6.42 Å². The molecule has 0 unspecified atom stereocenters. The number of esters is 1. The molecule has 0 radical (unpaired) electrons. The minimum absolute atomic E-state index is 0.0339. The molecule has 0 saturated heterocycles. The fourth-order valence-corrected chi connectivity index (χ4v) is 2.94. The first-order chi connectivity index (χ1) is 15.0. The molecule has 0 fully saturated rings. The Balaban J connectivity index is 0.000000884. The lowest BCUT2D eigenvalue weighted by molar-refractivity contribution is 0.0523. The summed E-state index contributed by atoms with van der Waals surface area (Å²) in [5, 5.41) is 0. The Hall–Kier alpha value is -3.15. The van der Waals surface area contributed by atoms with Crippen LogP contribution in [0.3, 0.4) is 0 Å². The molecule has 0 atom stereocenters. The molecule has 2 aromatic heterocycles. The van der Waals surface area contributed by atoms with Crippen LogP contribution in [0.5, 0.6) is 5.75 Å². The predicted octanol–water partition coefficient (Wildman–Crippen LogP) is 5.38. The number of ether oxygens (including phenoxy) is 2. The number of aryl methyl sites for hydroxylation is 1. The van der Waals surface area contributed by atoms with Crippen LogP contribution in [0.15, 0.2) is 47.4 Å². The number of carbonyl (C=O) groups is 1. The Morgan fingerprint density at radius 3 is 2.23 bits per heavy atom. The van der Waals surface area contributed by atoms with E-state index in [9.17, 15) is 9.59 Å². The van der Waals surface area contributed by atoms with Gasteiger partial charge in [0.15, 0.2) is 0 Å². The van der Waals surface area contributed by atoms with Crippen molar-refractivity contribution >= 4 is 17.0 Å². The van der Waals surface area contributed by atoms with Gasteiger partial charge in [0.05, 0.1) is 31.3 Å². The van der Waals surface area contributed by atoms with Crippen LogP contribution < -0.4 is 10.3 Å². The SMILES string of the molecule is CC.CCC.CCOC(=O)c1c(C)c2ncccc2n(Cc2ccc(OC)cc2)c1=O. The summed E-state index contributed by atoms with van der Waals surface area (Å²) in [5.41, 5.74) is 2.40. The van der Waals surface area contributed by atoms with Crippen LogP contribution in [0.1, 0.15) is 62.5 Å². The Morgan fingerprint density at radius 2 is 1.68 bits per heavy atom. The highest BCUT2D eigenvalue weighted by Gasteiger charge is 2.21. The number of pyridine rings is 2. The van der Waals surface area contributed by atoms with Gasteiger partial charge in [0.2, 0.25) is 0 Å². The van der Waals surface area contributed by atoms with Crippen LogP contribution in [0.4, 0.5) is 0 Å². The number of hydrogen-bond donors (Lipinski definition) is 0. The number of nitrogens with zero attached hydrogens (tertiary/aromatic N) is 2. The standard InChI is InChI=1S/C20H20N2O4.C3H8.C2H6/c1-4-26-20(24)17-13(2)18-16(6-5-11-21-18)22(19(17)23)12-14-7-9-15(25-3)10-8-14;1-3-2;1-2/h5-11H,4,12H2,1-3H3;3H2,1-2H3;1-2H3. The minimum Gasteiger partial charge on any atom is -0.497 e. The van der Waals surface area contributed by atoms with Gasteiger partial charge in [0.25, 0.3) is 5.56 Å². The van der Waals surface area contributed by atoms with Crippen molar-refractivity contribution in [3.05, 3.63) is 69.6 Å². The van der Waals surface area contributed by atoms with Gasteiger partial charge in [-0.15, -0.1) is 0 Å². The van der Waals surface area contributed by atoms with Gasteiger partial charge in [0, 0.05) is 6.20 Å². The molecule has 1 aromatic carbocycles. The summed E-state index contributed by atoms with van der Waals surface area (Å²) in [6.45, 7) is 12.2. The Kier molecular flexibility index (Phi) is 11.0. The number of fused-ring (bicyclic) bond motifs is 1. The molecular weight excluding hydrogens is 392 g/mol. The molecule has 0 bridgehead atoms. The second kappa shape index (κ2) is 13.2. The highest BCUT2D eigenvalue weighted by molar-refractivity contribution is 5.95. The van der Waals surface area contributed by atoms with E-state index in [0.29, 0.717) is 23.1 Å². The zero-order valence-corrected chi connectivity index (χ0v) is 19.7. The van der Waals surface area contributed by atoms with Crippen molar-refractivity contribution in [2.45, 2.75) is 54.5 Å². The summed E-state index contributed by atoms with van der Waals surface area (Å²) >= 11 is 0. The van der Waals surface area contributed by atoms with Crippen LogP contribution in [-0.4, -0.2) is 29.2 Å². The second-order valence-electron chi connectivity index (χ2n) is 6.54. The maximum absolute atomic E-state index is 13.1. The summed E-state index contributed by atoms with van der Waals surface area (Å²) in [6.07, 6.45) is 2.90. The molecule has 3 aromatic rings. The van der Waals surface area contributed by atoms with E-state index in [0.717, 1.165) is 11.3 Å². The van der Waals surface area contributed by atoms with Crippen molar-refractivity contribution < 1.29 is 14.3 Å². The van der Waals surface area contributed by atoms with Gasteiger partial charge in [0.1, 0.15) is 11.3 Å². The molecule has 6 heteroatoms. The fourth-order valence-electron chi connectivity index (χ4n) is 2.94. The molecule has 168 valence electrons. The van der Waals surface area contributed by atoms with Crippen LogP contribution in [0, 0.1) is 6.92 Å². The smallest absolute Gasteiger partial charge is 0.344 e.